The Hall–Kier alpha value is -3.57. The van der Waals surface area contributed by atoms with Gasteiger partial charge >= 0.3 is 0 Å². The van der Waals surface area contributed by atoms with Crippen LogP contribution in [0.15, 0.2) is 30.7 Å². The van der Waals surface area contributed by atoms with Gasteiger partial charge in [0.1, 0.15) is 11.9 Å². The van der Waals surface area contributed by atoms with Crippen LogP contribution in [0.3, 0.4) is 0 Å². The van der Waals surface area contributed by atoms with Gasteiger partial charge in [0.05, 0.1) is 30.8 Å². The maximum absolute atomic E-state index is 6.08. The molecule has 5 rings (SSSR count). The van der Waals surface area contributed by atoms with Crippen molar-refractivity contribution in [2.45, 2.75) is 25.9 Å². The van der Waals surface area contributed by atoms with Crippen LogP contribution in [0.1, 0.15) is 18.4 Å². The smallest absolute Gasteiger partial charge is 0.228 e. The van der Waals surface area contributed by atoms with E-state index in [-0.39, 0.29) is 12.1 Å². The minimum absolute atomic E-state index is 0.211. The third kappa shape index (κ3) is 5.57. The molecule has 3 aromatic rings. The first kappa shape index (κ1) is 23.2. The number of nitrogens with zero attached hydrogens (tertiary/aromatic N) is 7. The summed E-state index contributed by atoms with van der Waals surface area (Å²) in [6.07, 6.45) is 7.37. The predicted octanol–water partition coefficient (Wildman–Crippen LogP) is 2.27. The van der Waals surface area contributed by atoms with Gasteiger partial charge in [-0.05, 0) is 32.9 Å². The van der Waals surface area contributed by atoms with Crippen molar-refractivity contribution in [3.05, 3.63) is 36.3 Å². The fourth-order valence-corrected chi connectivity index (χ4v) is 4.21. The Labute approximate surface area is 204 Å². The predicted molar refractivity (Wildman–Crippen MR) is 134 cm³/mol. The number of nitrogens with one attached hydrogen (secondary N) is 1. The van der Waals surface area contributed by atoms with E-state index in [2.05, 4.69) is 37.1 Å². The fourth-order valence-electron chi connectivity index (χ4n) is 4.21. The van der Waals surface area contributed by atoms with Crippen LogP contribution in [0.2, 0.25) is 0 Å². The molecule has 3 N–H and O–H groups in total. The average Bonchev–Trinajstić information content (AvgIpc) is 2.89. The Bertz CT molecular complexity index is 1130. The number of rotatable bonds is 6. The highest BCUT2D eigenvalue weighted by atomic mass is 16.5. The van der Waals surface area contributed by atoms with Crippen molar-refractivity contribution >= 4 is 23.4 Å². The summed E-state index contributed by atoms with van der Waals surface area (Å²) in [4.78, 5) is 26.9. The first-order valence-corrected chi connectivity index (χ1v) is 11.9. The van der Waals surface area contributed by atoms with E-state index in [9.17, 15) is 0 Å². The number of hydrogen-bond acceptors (Lipinski definition) is 11. The van der Waals surface area contributed by atoms with Gasteiger partial charge in [0.25, 0.3) is 0 Å². The van der Waals surface area contributed by atoms with Gasteiger partial charge in [0.2, 0.25) is 17.8 Å². The lowest BCUT2D eigenvalue weighted by atomic mass is 10.1. The van der Waals surface area contributed by atoms with Crippen LogP contribution < -0.4 is 20.7 Å². The molecule has 0 spiro atoms. The van der Waals surface area contributed by atoms with Crippen LogP contribution in [0.4, 0.5) is 23.4 Å². The quantitative estimate of drug-likeness (QED) is 0.543. The molecule has 0 bridgehead atoms. The van der Waals surface area contributed by atoms with E-state index < -0.39 is 0 Å². The van der Waals surface area contributed by atoms with Crippen molar-refractivity contribution in [3.63, 3.8) is 0 Å². The lowest BCUT2D eigenvalue weighted by Crippen LogP contribution is -2.37. The molecule has 0 aromatic carbocycles. The number of aromatic nitrogens is 5. The maximum Gasteiger partial charge on any atom is 0.228 e. The molecule has 5 heterocycles. The lowest BCUT2D eigenvalue weighted by Gasteiger charge is -2.29. The molecule has 0 saturated carbocycles. The van der Waals surface area contributed by atoms with E-state index in [1.54, 1.807) is 18.6 Å². The second-order valence-corrected chi connectivity index (χ2v) is 8.91. The number of ether oxygens (including phenoxy) is 2. The molecule has 2 saturated heterocycles. The summed E-state index contributed by atoms with van der Waals surface area (Å²) >= 11 is 0. The Morgan fingerprint density at radius 3 is 2.43 bits per heavy atom. The molecule has 11 nitrogen and oxygen atoms in total. The van der Waals surface area contributed by atoms with E-state index in [1.807, 2.05) is 19.1 Å². The standard InChI is InChI=1S/C24H31N9O2/c1-16-21(17-13-27-23(25)28-14-17)30-24(33-9-11-34-12-10-33)31-22(16)29-18-3-4-20(26-15-18)35-19-5-7-32(2)8-6-19/h3-4,13-15,19H,5-12H2,1-2H3,(H2,25,27,28)(H,29,30,31). The number of nitrogens with two attached hydrogens (primary N) is 1. The molecular formula is C24H31N9O2. The highest BCUT2D eigenvalue weighted by molar-refractivity contribution is 5.72. The number of pyridine rings is 1. The minimum Gasteiger partial charge on any atom is -0.474 e. The highest BCUT2D eigenvalue weighted by Gasteiger charge is 2.21. The molecule has 0 amide bonds. The molecule has 184 valence electrons. The summed E-state index contributed by atoms with van der Waals surface area (Å²) in [5, 5.41) is 3.41. The zero-order valence-corrected chi connectivity index (χ0v) is 20.1. The second kappa shape index (κ2) is 10.4. The number of hydrogen-bond donors (Lipinski definition) is 2. The molecule has 0 radical (unpaired) electrons. The van der Waals surface area contributed by atoms with Crippen LogP contribution in [0, 0.1) is 6.92 Å². The van der Waals surface area contributed by atoms with Gasteiger partial charge in [-0.1, -0.05) is 0 Å². The summed E-state index contributed by atoms with van der Waals surface area (Å²) in [7, 11) is 2.14. The summed E-state index contributed by atoms with van der Waals surface area (Å²) in [5.41, 5.74) is 8.91. The molecule has 0 unspecified atom stereocenters. The number of anilines is 4. The normalized spacial score (nSPS) is 17.4. The van der Waals surface area contributed by atoms with E-state index in [0.717, 1.165) is 61.5 Å². The van der Waals surface area contributed by atoms with E-state index in [0.29, 0.717) is 30.9 Å². The van der Waals surface area contributed by atoms with Gasteiger partial charge in [-0.2, -0.15) is 4.98 Å². The number of piperidine rings is 1. The van der Waals surface area contributed by atoms with Gasteiger partial charge in [-0.15, -0.1) is 0 Å². The third-order valence-corrected chi connectivity index (χ3v) is 6.33. The Balaban J connectivity index is 1.39. The zero-order chi connectivity index (χ0) is 24.2. The summed E-state index contributed by atoms with van der Waals surface area (Å²) < 4.78 is 11.6. The number of likely N-dealkylation sites (tertiary alicyclic amines) is 1. The van der Waals surface area contributed by atoms with Gasteiger partial charge < -0.3 is 30.3 Å². The van der Waals surface area contributed by atoms with Crippen LogP contribution in [-0.2, 0) is 4.74 Å². The Kier molecular flexibility index (Phi) is 6.87. The van der Waals surface area contributed by atoms with Crippen molar-refractivity contribution in [2.75, 3.05) is 62.4 Å². The molecule has 3 aromatic heterocycles. The maximum atomic E-state index is 6.08. The summed E-state index contributed by atoms with van der Waals surface area (Å²) in [6, 6.07) is 3.86. The molecule has 35 heavy (non-hydrogen) atoms. The average molecular weight is 478 g/mol. The summed E-state index contributed by atoms with van der Waals surface area (Å²) in [5.74, 6) is 2.18. The number of nitrogen functional groups attached to an aromatic ring is 1. The van der Waals surface area contributed by atoms with Crippen LogP contribution >= 0.6 is 0 Å². The highest BCUT2D eigenvalue weighted by Crippen LogP contribution is 2.30. The van der Waals surface area contributed by atoms with Crippen LogP contribution in [-0.4, -0.2) is 82.4 Å². The van der Waals surface area contributed by atoms with Crippen LogP contribution in [0.5, 0.6) is 5.88 Å². The first-order chi connectivity index (χ1) is 17.0. The Morgan fingerprint density at radius 2 is 1.74 bits per heavy atom. The molecular weight excluding hydrogens is 446 g/mol. The minimum atomic E-state index is 0.211. The zero-order valence-electron chi connectivity index (χ0n) is 20.1. The van der Waals surface area contributed by atoms with Gasteiger partial charge in [0.15, 0.2) is 0 Å². The molecule has 2 fully saturated rings. The molecule has 2 aliphatic rings. The number of morpholine rings is 1. The van der Waals surface area contributed by atoms with E-state index in [1.165, 1.54) is 0 Å². The largest absolute Gasteiger partial charge is 0.474 e. The summed E-state index contributed by atoms with van der Waals surface area (Å²) in [6.45, 7) is 6.80. The van der Waals surface area contributed by atoms with Gasteiger partial charge in [-0.25, -0.2) is 19.9 Å². The Morgan fingerprint density at radius 1 is 1.00 bits per heavy atom. The second-order valence-electron chi connectivity index (χ2n) is 8.91. The first-order valence-electron chi connectivity index (χ1n) is 11.9. The van der Waals surface area contributed by atoms with E-state index in [4.69, 9.17) is 25.2 Å². The van der Waals surface area contributed by atoms with Crippen molar-refractivity contribution in [2.24, 2.45) is 0 Å². The van der Waals surface area contributed by atoms with Crippen molar-refractivity contribution in [3.8, 4) is 17.1 Å². The topological polar surface area (TPSA) is 127 Å². The van der Waals surface area contributed by atoms with E-state index >= 15 is 0 Å². The van der Waals surface area contributed by atoms with Crippen molar-refractivity contribution in [1.29, 1.82) is 0 Å². The third-order valence-electron chi connectivity index (χ3n) is 6.33. The van der Waals surface area contributed by atoms with Crippen molar-refractivity contribution < 1.29 is 9.47 Å². The van der Waals surface area contributed by atoms with Gasteiger partial charge in [0, 0.05) is 55.8 Å². The SMILES string of the molecule is Cc1c(Nc2ccc(OC3CCN(C)CC3)nc2)nc(N2CCOCC2)nc1-c1cnc(N)nc1. The lowest BCUT2D eigenvalue weighted by molar-refractivity contribution is 0.110. The monoisotopic (exact) mass is 477 g/mol. The van der Waals surface area contributed by atoms with Gasteiger partial charge in [-0.3, -0.25) is 0 Å². The fraction of sp³-hybridized carbons (Fsp3) is 0.458. The molecule has 0 aliphatic carbocycles. The molecule has 11 heteroatoms. The van der Waals surface area contributed by atoms with Crippen LogP contribution in [0.25, 0.3) is 11.3 Å². The van der Waals surface area contributed by atoms with Crippen molar-refractivity contribution in [1.82, 2.24) is 29.8 Å². The molecule has 2 aliphatic heterocycles. The molecule has 0 atom stereocenters.